The van der Waals surface area contributed by atoms with Gasteiger partial charge in [0, 0.05) is 48.5 Å². The van der Waals surface area contributed by atoms with E-state index in [-0.39, 0.29) is 0 Å². The lowest BCUT2D eigenvalue weighted by Crippen LogP contribution is -2.69. The molecular formula is C27H37NO18. The van der Waals surface area contributed by atoms with Gasteiger partial charge in [-0.15, -0.1) is 0 Å². The molecule has 2 heterocycles. The van der Waals surface area contributed by atoms with Crippen molar-refractivity contribution in [1.82, 2.24) is 5.32 Å². The van der Waals surface area contributed by atoms with Crippen LogP contribution in [0.2, 0.25) is 0 Å². The number of carbonyl (C=O) groups excluding carboxylic acids is 8. The molecule has 2 saturated heterocycles. The molecule has 0 aromatic carbocycles. The first kappa shape index (κ1) is 37.8. The molecule has 2 rings (SSSR count). The van der Waals surface area contributed by atoms with Gasteiger partial charge in [0.15, 0.2) is 36.8 Å². The van der Waals surface area contributed by atoms with E-state index in [1.807, 2.05) is 0 Å². The van der Waals surface area contributed by atoms with Gasteiger partial charge in [0.1, 0.15) is 24.9 Å². The third kappa shape index (κ3) is 10.6. The Balaban J connectivity index is 2.75. The molecule has 10 atom stereocenters. The highest BCUT2D eigenvalue weighted by molar-refractivity contribution is 5.77. The molecular weight excluding hydrogens is 626 g/mol. The van der Waals surface area contributed by atoms with Crippen LogP contribution in [-0.2, 0) is 85.7 Å². The summed E-state index contributed by atoms with van der Waals surface area (Å²) < 4.78 is 54.3. The Morgan fingerprint density at radius 2 is 1.07 bits per heavy atom. The monoisotopic (exact) mass is 663 g/mol. The van der Waals surface area contributed by atoms with Crippen molar-refractivity contribution in [3.8, 4) is 0 Å². The Labute approximate surface area is 262 Å². The van der Waals surface area contributed by atoms with E-state index < -0.39 is 116 Å². The van der Waals surface area contributed by atoms with E-state index in [2.05, 4.69) is 5.32 Å². The highest BCUT2D eigenvalue weighted by atomic mass is 16.8. The molecule has 2 aliphatic rings. The smallest absolute Gasteiger partial charge is 0.339 e. The highest BCUT2D eigenvalue weighted by Crippen LogP contribution is 2.35. The Morgan fingerprint density at radius 3 is 1.54 bits per heavy atom. The number of esters is 7. The summed E-state index contributed by atoms with van der Waals surface area (Å²) in [6, 6.07) is -1.45. The zero-order valence-corrected chi connectivity index (χ0v) is 26.3. The van der Waals surface area contributed by atoms with Crippen LogP contribution in [0.1, 0.15) is 48.5 Å². The number of carbonyl (C=O) groups is 8. The van der Waals surface area contributed by atoms with Gasteiger partial charge in [0.25, 0.3) is 0 Å². The summed E-state index contributed by atoms with van der Waals surface area (Å²) in [7, 11) is 0.986. The molecule has 46 heavy (non-hydrogen) atoms. The van der Waals surface area contributed by atoms with E-state index in [9.17, 15) is 38.4 Å². The normalized spacial score (nSPS) is 30.4. The number of nitrogens with one attached hydrogen (secondary N) is 1. The SMILES string of the molecule is COC(=O)[C@H]1O[C@@H](O[C@H]2[C@H](OC(C)=O)[C@@H](NC(C)=O)[C@@H](OC(C)=O)O[C@@H]2COC(C)=O)[C@H](OC(C)=O)[C@@H](OC(C)=O)[C@@H]1OC(C)=O. The number of methoxy groups -OCH3 is 1. The molecule has 0 bridgehead atoms. The highest BCUT2D eigenvalue weighted by Gasteiger charge is 2.58. The van der Waals surface area contributed by atoms with Crippen LogP contribution >= 0.6 is 0 Å². The van der Waals surface area contributed by atoms with Crippen molar-refractivity contribution in [3.63, 3.8) is 0 Å². The van der Waals surface area contributed by atoms with Crippen molar-refractivity contribution in [1.29, 1.82) is 0 Å². The molecule has 19 nitrogen and oxygen atoms in total. The zero-order valence-electron chi connectivity index (χ0n) is 26.3. The maximum Gasteiger partial charge on any atom is 0.339 e. The van der Waals surface area contributed by atoms with Crippen LogP contribution in [0, 0.1) is 0 Å². The number of hydrogen-bond acceptors (Lipinski definition) is 18. The van der Waals surface area contributed by atoms with Crippen LogP contribution in [0.15, 0.2) is 0 Å². The van der Waals surface area contributed by atoms with Crippen LogP contribution in [0.4, 0.5) is 0 Å². The topological polar surface area (TPSA) is 241 Å². The summed E-state index contributed by atoms with van der Waals surface area (Å²) in [5.74, 6) is -7.22. The quantitative estimate of drug-likeness (QED) is 0.192. The van der Waals surface area contributed by atoms with Gasteiger partial charge < -0.3 is 52.7 Å². The van der Waals surface area contributed by atoms with Crippen molar-refractivity contribution >= 4 is 47.7 Å². The fraction of sp³-hybridized carbons (Fsp3) is 0.704. The van der Waals surface area contributed by atoms with Gasteiger partial charge in [-0.2, -0.15) is 0 Å². The van der Waals surface area contributed by atoms with Crippen molar-refractivity contribution in [2.24, 2.45) is 0 Å². The molecule has 19 heteroatoms. The van der Waals surface area contributed by atoms with Crippen LogP contribution in [0.25, 0.3) is 0 Å². The molecule has 258 valence electrons. The van der Waals surface area contributed by atoms with Crippen LogP contribution in [-0.4, -0.2) is 123 Å². The van der Waals surface area contributed by atoms with Crippen LogP contribution in [0.3, 0.4) is 0 Å². The second-order valence-electron chi connectivity index (χ2n) is 10.0. The summed E-state index contributed by atoms with van der Waals surface area (Å²) in [5, 5.41) is 2.46. The molecule has 0 aliphatic carbocycles. The predicted molar refractivity (Wildman–Crippen MR) is 142 cm³/mol. The number of amides is 1. The largest absolute Gasteiger partial charge is 0.467 e. The van der Waals surface area contributed by atoms with Gasteiger partial charge in [-0.25, -0.2) is 4.79 Å². The zero-order chi connectivity index (χ0) is 34.9. The van der Waals surface area contributed by atoms with Gasteiger partial charge >= 0.3 is 41.8 Å². The lowest BCUT2D eigenvalue weighted by atomic mass is 9.94. The second-order valence-corrected chi connectivity index (χ2v) is 10.0. The lowest BCUT2D eigenvalue weighted by Gasteiger charge is -2.48. The fourth-order valence-electron chi connectivity index (χ4n) is 4.73. The molecule has 0 aromatic heterocycles. The summed E-state index contributed by atoms with van der Waals surface area (Å²) in [4.78, 5) is 97.3. The standard InChI is InChI=1S/C27H37NO18/c1-10(29)28-18-20(39-12(3)31)19(17(9-38-11(2)30)44-26(18)43-16(7)35)45-27-24(42-15(6)34)22(41-14(5)33)21(40-13(4)32)23(46-27)25(36)37-8/h17-24,26-27H,9H2,1-8H3,(H,28,29)/t17-,18-,19-,20-,21+,22+,23+,24-,26+,27-/m1/s1. The van der Waals surface area contributed by atoms with Gasteiger partial charge in [0.05, 0.1) is 7.11 Å². The third-order valence-electron chi connectivity index (χ3n) is 6.18. The Hall–Kier alpha value is -4.36. The fourth-order valence-corrected chi connectivity index (χ4v) is 4.73. The molecule has 2 aliphatic heterocycles. The van der Waals surface area contributed by atoms with Crippen molar-refractivity contribution in [2.75, 3.05) is 13.7 Å². The van der Waals surface area contributed by atoms with Gasteiger partial charge in [0.2, 0.25) is 12.2 Å². The average Bonchev–Trinajstić information content (AvgIpc) is 2.91. The van der Waals surface area contributed by atoms with Gasteiger partial charge in [-0.3, -0.25) is 33.6 Å². The van der Waals surface area contributed by atoms with E-state index >= 15 is 0 Å². The molecule has 0 unspecified atom stereocenters. The van der Waals surface area contributed by atoms with Crippen molar-refractivity contribution in [2.45, 2.75) is 110 Å². The number of hydrogen-bond donors (Lipinski definition) is 1. The first-order valence-electron chi connectivity index (χ1n) is 13.8. The van der Waals surface area contributed by atoms with E-state index in [1.54, 1.807) is 0 Å². The molecule has 1 N–H and O–H groups in total. The van der Waals surface area contributed by atoms with E-state index in [1.165, 1.54) is 0 Å². The van der Waals surface area contributed by atoms with Crippen LogP contribution < -0.4 is 5.32 Å². The molecule has 0 saturated carbocycles. The lowest BCUT2D eigenvalue weighted by molar-refractivity contribution is -0.343. The summed E-state index contributed by atoms with van der Waals surface area (Å²) >= 11 is 0. The number of ether oxygens (including phenoxy) is 10. The first-order chi connectivity index (χ1) is 21.4. The summed E-state index contributed by atoms with van der Waals surface area (Å²) in [5.41, 5.74) is 0. The minimum absolute atomic E-state index is 0.614. The van der Waals surface area contributed by atoms with E-state index in [0.717, 1.165) is 55.6 Å². The molecule has 1 amide bonds. The predicted octanol–water partition coefficient (Wildman–Crippen LogP) is -1.65. The molecule has 2 fully saturated rings. The number of rotatable bonds is 11. The summed E-state index contributed by atoms with van der Waals surface area (Å²) in [6.07, 6.45) is -15.3. The van der Waals surface area contributed by atoms with Gasteiger partial charge in [-0.05, 0) is 0 Å². The minimum Gasteiger partial charge on any atom is -0.467 e. The van der Waals surface area contributed by atoms with Gasteiger partial charge in [-0.1, -0.05) is 0 Å². The maximum atomic E-state index is 12.8. The average molecular weight is 664 g/mol. The van der Waals surface area contributed by atoms with E-state index in [0.29, 0.717) is 0 Å². The Kier molecular flexibility index (Phi) is 13.8. The van der Waals surface area contributed by atoms with Crippen molar-refractivity contribution in [3.05, 3.63) is 0 Å². The van der Waals surface area contributed by atoms with Crippen molar-refractivity contribution < 1.29 is 85.7 Å². The molecule has 0 spiro atoms. The maximum absolute atomic E-state index is 12.8. The third-order valence-corrected chi connectivity index (χ3v) is 6.18. The van der Waals surface area contributed by atoms with Crippen LogP contribution in [0.5, 0.6) is 0 Å². The molecule has 0 aromatic rings. The second kappa shape index (κ2) is 16.8. The first-order valence-corrected chi connectivity index (χ1v) is 13.8. The Bertz CT molecular complexity index is 1190. The Morgan fingerprint density at radius 1 is 0.565 bits per heavy atom. The van der Waals surface area contributed by atoms with E-state index in [4.69, 9.17) is 47.4 Å². The molecule has 0 radical (unpaired) electrons. The minimum atomic E-state index is -1.92. The summed E-state index contributed by atoms with van der Waals surface area (Å²) in [6.45, 7) is 6.60.